The highest BCUT2D eigenvalue weighted by atomic mass is 16.6. The van der Waals surface area contributed by atoms with Crippen LogP contribution in [0.5, 0.6) is 11.5 Å². The maximum Gasteiger partial charge on any atom is 0.315 e. The number of rotatable bonds is 9. The van der Waals surface area contributed by atoms with Gasteiger partial charge in [0.15, 0.2) is 17.3 Å². The fourth-order valence-electron chi connectivity index (χ4n) is 4.55. The Morgan fingerprint density at radius 1 is 1.18 bits per heavy atom. The first-order valence-electron chi connectivity index (χ1n) is 11.2. The summed E-state index contributed by atoms with van der Waals surface area (Å²) >= 11 is 0. The number of hydrogen-bond acceptors (Lipinski definition) is 8. The summed E-state index contributed by atoms with van der Waals surface area (Å²) in [6.45, 7) is 4.01. The molecule has 178 valence electrons. The summed E-state index contributed by atoms with van der Waals surface area (Å²) in [5.74, 6) is -2.04. The molecule has 0 amide bonds. The predicted octanol–water partition coefficient (Wildman–Crippen LogP) is 4.53. The minimum absolute atomic E-state index is 0.148. The monoisotopic (exact) mass is 458 g/mol. The van der Waals surface area contributed by atoms with E-state index in [-0.39, 0.29) is 35.1 Å². The van der Waals surface area contributed by atoms with E-state index in [1.165, 1.54) is 26.4 Å². The van der Waals surface area contributed by atoms with E-state index in [1.807, 2.05) is 0 Å². The zero-order chi connectivity index (χ0) is 24.1. The van der Waals surface area contributed by atoms with Crippen LogP contribution in [0.1, 0.15) is 63.9 Å². The summed E-state index contributed by atoms with van der Waals surface area (Å²) in [6, 6.07) is 2.76. The molecule has 2 atom stereocenters. The summed E-state index contributed by atoms with van der Waals surface area (Å²) in [4.78, 5) is 42.4. The van der Waals surface area contributed by atoms with Gasteiger partial charge in [-0.2, -0.15) is 0 Å². The average molecular weight is 459 g/mol. The van der Waals surface area contributed by atoms with Crippen molar-refractivity contribution in [3.05, 3.63) is 39.1 Å². The van der Waals surface area contributed by atoms with Gasteiger partial charge < -0.3 is 14.2 Å². The van der Waals surface area contributed by atoms with Crippen molar-refractivity contribution >= 4 is 23.2 Å². The van der Waals surface area contributed by atoms with Crippen LogP contribution in [0.3, 0.4) is 0 Å². The lowest BCUT2D eigenvalue weighted by Crippen LogP contribution is -2.37. The summed E-state index contributed by atoms with van der Waals surface area (Å²) < 4.78 is 16.2. The number of esters is 1. The topological polar surface area (TPSA) is 117 Å². The van der Waals surface area contributed by atoms with Gasteiger partial charge in [-0.25, -0.2) is 0 Å². The molecule has 1 aromatic rings. The van der Waals surface area contributed by atoms with Gasteiger partial charge in [-0.1, -0.05) is 19.8 Å². The Morgan fingerprint density at radius 2 is 1.88 bits per heavy atom. The highest BCUT2D eigenvalue weighted by molar-refractivity contribution is 6.09. The zero-order valence-electron chi connectivity index (χ0n) is 19.5. The lowest BCUT2D eigenvalue weighted by atomic mass is 9.71. The van der Waals surface area contributed by atoms with E-state index >= 15 is 0 Å². The van der Waals surface area contributed by atoms with Crippen LogP contribution in [0.2, 0.25) is 0 Å². The van der Waals surface area contributed by atoms with Crippen LogP contribution in [0.25, 0.3) is 0 Å². The third-order valence-electron chi connectivity index (χ3n) is 6.15. The first-order valence-corrected chi connectivity index (χ1v) is 11.2. The summed E-state index contributed by atoms with van der Waals surface area (Å²) in [5.41, 5.74) is 1.40. The van der Waals surface area contributed by atoms with Crippen LogP contribution in [0.15, 0.2) is 28.4 Å². The molecule has 1 heterocycles. The van der Waals surface area contributed by atoms with E-state index < -0.39 is 22.7 Å². The zero-order valence-corrected chi connectivity index (χ0v) is 19.5. The Labute approximate surface area is 193 Å². The number of Topliss-reactive ketones (excluding diaryl/α,β-unsaturated/α-hetero) is 1. The van der Waals surface area contributed by atoms with E-state index in [9.17, 15) is 19.7 Å². The Morgan fingerprint density at radius 3 is 2.52 bits per heavy atom. The SMILES string of the molecule is CCCCCOC(=O)C1C(C)=NC2=C(C(=O)CCC2)[C@@H]1c1cc(OC)c(OC)cc1[N+](=O)[O-]. The van der Waals surface area contributed by atoms with Crippen molar-refractivity contribution in [2.24, 2.45) is 10.9 Å². The van der Waals surface area contributed by atoms with Crippen LogP contribution in [-0.4, -0.2) is 43.2 Å². The molecule has 33 heavy (non-hydrogen) atoms. The maximum atomic E-state index is 13.2. The molecule has 0 saturated heterocycles. The van der Waals surface area contributed by atoms with Gasteiger partial charge >= 0.3 is 5.97 Å². The molecule has 9 nitrogen and oxygen atoms in total. The number of nitro groups is 1. The van der Waals surface area contributed by atoms with Gasteiger partial charge in [-0.3, -0.25) is 24.7 Å². The van der Waals surface area contributed by atoms with E-state index in [2.05, 4.69) is 11.9 Å². The number of carbonyl (C=O) groups excluding carboxylic acids is 2. The number of aliphatic imine (C=N–C) groups is 1. The minimum Gasteiger partial charge on any atom is -0.493 e. The molecule has 9 heteroatoms. The van der Waals surface area contributed by atoms with Gasteiger partial charge in [-0.05, 0) is 32.3 Å². The number of benzene rings is 1. The number of nitrogens with zero attached hydrogens (tertiary/aromatic N) is 2. The minimum atomic E-state index is -0.941. The number of carbonyl (C=O) groups is 2. The Balaban J connectivity index is 2.18. The summed E-state index contributed by atoms with van der Waals surface area (Å²) in [6.07, 6.45) is 4.16. The van der Waals surface area contributed by atoms with Gasteiger partial charge in [0.05, 0.1) is 31.8 Å². The van der Waals surface area contributed by atoms with Gasteiger partial charge in [0.2, 0.25) is 0 Å². The van der Waals surface area contributed by atoms with Crippen molar-refractivity contribution in [2.45, 2.75) is 58.3 Å². The molecule has 0 aromatic heterocycles. The normalized spacial score (nSPS) is 20.1. The molecule has 0 N–H and O–H groups in total. The van der Waals surface area contributed by atoms with Crippen LogP contribution in [-0.2, 0) is 14.3 Å². The molecule has 3 rings (SSSR count). The highest BCUT2D eigenvalue weighted by Crippen LogP contribution is 2.48. The Hall–Kier alpha value is -3.23. The Bertz CT molecular complexity index is 1010. The van der Waals surface area contributed by atoms with Crippen LogP contribution in [0.4, 0.5) is 5.69 Å². The number of methoxy groups -OCH3 is 2. The second-order valence-corrected chi connectivity index (χ2v) is 8.24. The third kappa shape index (κ3) is 4.91. The van der Waals surface area contributed by atoms with Gasteiger partial charge in [-0.15, -0.1) is 0 Å². The number of ether oxygens (including phenoxy) is 3. The van der Waals surface area contributed by atoms with E-state index in [0.717, 1.165) is 19.3 Å². The first-order chi connectivity index (χ1) is 15.8. The van der Waals surface area contributed by atoms with E-state index in [1.54, 1.807) is 6.92 Å². The second-order valence-electron chi connectivity index (χ2n) is 8.24. The molecule has 2 aliphatic rings. The number of nitro benzene ring substituents is 1. The summed E-state index contributed by atoms with van der Waals surface area (Å²) in [5, 5.41) is 12.0. The molecule has 0 spiro atoms. The molecule has 0 radical (unpaired) electrons. The van der Waals surface area contributed by atoms with Crippen molar-refractivity contribution in [1.29, 1.82) is 0 Å². The Kier molecular flexibility index (Phi) is 7.84. The number of hydrogen-bond donors (Lipinski definition) is 0. The van der Waals surface area contributed by atoms with Crippen LogP contribution < -0.4 is 9.47 Å². The molecular formula is C24H30N2O7. The largest absolute Gasteiger partial charge is 0.493 e. The van der Waals surface area contributed by atoms with Crippen LogP contribution >= 0.6 is 0 Å². The van der Waals surface area contributed by atoms with Crippen molar-refractivity contribution in [1.82, 2.24) is 0 Å². The lowest BCUT2D eigenvalue weighted by molar-refractivity contribution is -0.385. The fraction of sp³-hybridized carbons (Fsp3) is 0.542. The van der Waals surface area contributed by atoms with E-state index in [4.69, 9.17) is 14.2 Å². The molecule has 0 bridgehead atoms. The van der Waals surface area contributed by atoms with Crippen molar-refractivity contribution in [3.63, 3.8) is 0 Å². The molecule has 1 unspecified atom stereocenters. The highest BCUT2D eigenvalue weighted by Gasteiger charge is 2.46. The standard InChI is InChI=1S/C24H30N2O7/c1-5-6-7-11-33-24(28)21-14(2)25-16-9-8-10-18(27)23(16)22(21)15-12-19(31-3)20(32-4)13-17(15)26(29)30/h12-13,21-22H,5-11H2,1-4H3/t21?,22-/m1/s1. The molecule has 0 fully saturated rings. The number of allylic oxidation sites excluding steroid dienone is 2. The molecular weight excluding hydrogens is 428 g/mol. The number of ketones is 1. The van der Waals surface area contributed by atoms with Gasteiger partial charge in [0.25, 0.3) is 5.69 Å². The fourth-order valence-corrected chi connectivity index (χ4v) is 4.55. The van der Waals surface area contributed by atoms with E-state index in [0.29, 0.717) is 36.2 Å². The lowest BCUT2D eigenvalue weighted by Gasteiger charge is -2.34. The van der Waals surface area contributed by atoms with Crippen LogP contribution in [0, 0.1) is 16.0 Å². The van der Waals surface area contributed by atoms with Crippen molar-refractivity contribution < 1.29 is 28.7 Å². The maximum absolute atomic E-state index is 13.2. The quantitative estimate of drug-likeness (QED) is 0.231. The average Bonchev–Trinajstić information content (AvgIpc) is 2.80. The number of unbranched alkanes of at least 4 members (excludes halogenated alkanes) is 2. The van der Waals surface area contributed by atoms with Crippen molar-refractivity contribution in [3.8, 4) is 11.5 Å². The molecule has 1 aromatic carbocycles. The molecule has 1 aliphatic heterocycles. The third-order valence-corrected chi connectivity index (χ3v) is 6.15. The van der Waals surface area contributed by atoms with Crippen molar-refractivity contribution in [2.75, 3.05) is 20.8 Å². The summed E-state index contributed by atoms with van der Waals surface area (Å²) in [7, 11) is 2.82. The molecule has 1 aliphatic carbocycles. The molecule has 0 saturated carbocycles. The van der Waals surface area contributed by atoms with Gasteiger partial charge in [0.1, 0.15) is 5.92 Å². The second kappa shape index (κ2) is 10.6. The first kappa shape index (κ1) is 24.4. The van der Waals surface area contributed by atoms with Gasteiger partial charge in [0, 0.05) is 34.9 Å². The predicted molar refractivity (Wildman–Crippen MR) is 122 cm³/mol. The smallest absolute Gasteiger partial charge is 0.315 e.